The molecule has 0 fully saturated rings. The molecule has 0 spiro atoms. The molecule has 0 unspecified atom stereocenters. The molecule has 1 amide bonds. The molecule has 0 aliphatic heterocycles. The van der Waals surface area contributed by atoms with E-state index in [0.717, 1.165) is 32.5 Å². The van der Waals surface area contributed by atoms with Crippen molar-refractivity contribution in [3.05, 3.63) is 0 Å². The molecule has 0 rings (SSSR count). The van der Waals surface area contributed by atoms with E-state index in [-0.39, 0.29) is 5.91 Å². The normalized spacial score (nSPS) is 11.8. The minimum absolute atomic E-state index is 0.201. The minimum Gasteiger partial charge on any atom is -0.379 e. The monoisotopic (exact) mass is 418 g/mol. The van der Waals surface area contributed by atoms with Crippen LogP contribution >= 0.6 is 0 Å². The minimum atomic E-state index is 0.201. The summed E-state index contributed by atoms with van der Waals surface area (Å²) >= 11 is 0. The average Bonchev–Trinajstić information content (AvgIpc) is 2.66. The van der Waals surface area contributed by atoms with Crippen molar-refractivity contribution in [3.63, 3.8) is 0 Å². The molecule has 0 aliphatic rings. The second-order valence-corrected chi connectivity index (χ2v) is 8.14. The molecule has 0 saturated carbocycles. The van der Waals surface area contributed by atoms with Gasteiger partial charge in [-0.1, -0.05) is 13.8 Å². The summed E-state index contributed by atoms with van der Waals surface area (Å²) < 4.78 is 22.0. The van der Waals surface area contributed by atoms with E-state index in [1.54, 1.807) is 4.90 Å². The van der Waals surface area contributed by atoms with Crippen molar-refractivity contribution >= 4 is 5.91 Å². The number of nitrogens with zero attached hydrogens (tertiary/aromatic N) is 2. The number of carbonyl (C=O) groups excluding carboxylic acids is 1. The highest BCUT2D eigenvalue weighted by molar-refractivity contribution is 5.75. The van der Waals surface area contributed by atoms with Gasteiger partial charge in [-0.25, -0.2) is 0 Å². The summed E-state index contributed by atoms with van der Waals surface area (Å²) in [6, 6.07) is 0.579. The maximum atomic E-state index is 11.8. The second kappa shape index (κ2) is 19.2. The van der Waals surface area contributed by atoms with Crippen LogP contribution in [-0.2, 0) is 23.7 Å². The molecule has 0 N–H and O–H groups in total. The Morgan fingerprint density at radius 2 is 1.10 bits per heavy atom. The van der Waals surface area contributed by atoms with Crippen molar-refractivity contribution in [3.8, 4) is 0 Å². The van der Waals surface area contributed by atoms with Crippen molar-refractivity contribution < 1.29 is 23.7 Å². The Bertz CT molecular complexity index is 380. The number of carbonyl (C=O) groups is 1. The first kappa shape index (κ1) is 28.3. The van der Waals surface area contributed by atoms with Crippen LogP contribution in [0, 0.1) is 5.92 Å². The van der Waals surface area contributed by atoms with Crippen LogP contribution < -0.4 is 0 Å². The smallest absolute Gasteiger partial charge is 0.222 e. The Kier molecular flexibility index (Phi) is 18.8. The second-order valence-electron chi connectivity index (χ2n) is 8.14. The van der Waals surface area contributed by atoms with Gasteiger partial charge in [0.05, 0.1) is 39.6 Å². The largest absolute Gasteiger partial charge is 0.379 e. The lowest BCUT2D eigenvalue weighted by Crippen LogP contribution is -2.29. The SMILES string of the molecule is CC(C)CC(=O)N(C)CCCOCCOCCOCCOCCCN(C)C(C)C. The van der Waals surface area contributed by atoms with Crippen molar-refractivity contribution in [2.24, 2.45) is 5.92 Å². The summed E-state index contributed by atoms with van der Waals surface area (Å²) in [6.45, 7) is 15.2. The summed E-state index contributed by atoms with van der Waals surface area (Å²) in [5.74, 6) is 0.601. The predicted octanol–water partition coefficient (Wildman–Crippen LogP) is 2.68. The van der Waals surface area contributed by atoms with Crippen molar-refractivity contribution in [1.29, 1.82) is 0 Å². The summed E-state index contributed by atoms with van der Waals surface area (Å²) in [6.07, 6.45) is 2.49. The van der Waals surface area contributed by atoms with Crippen LogP contribution in [-0.4, -0.2) is 102 Å². The molecule has 174 valence electrons. The van der Waals surface area contributed by atoms with Gasteiger partial charge in [0.15, 0.2) is 0 Å². The van der Waals surface area contributed by atoms with Crippen LogP contribution in [0.3, 0.4) is 0 Å². The molecule has 29 heavy (non-hydrogen) atoms. The topological polar surface area (TPSA) is 60.5 Å². The summed E-state index contributed by atoms with van der Waals surface area (Å²) in [4.78, 5) is 15.9. The van der Waals surface area contributed by atoms with Crippen LogP contribution in [0.4, 0.5) is 0 Å². The molecular formula is C22H46N2O5. The van der Waals surface area contributed by atoms with Gasteiger partial charge >= 0.3 is 0 Å². The third kappa shape index (κ3) is 19.0. The first-order valence-corrected chi connectivity index (χ1v) is 11.1. The molecule has 7 heteroatoms. The molecule has 0 atom stereocenters. The lowest BCUT2D eigenvalue weighted by atomic mass is 10.1. The molecule has 0 saturated heterocycles. The molecular weight excluding hydrogens is 372 g/mol. The zero-order chi connectivity index (χ0) is 21.9. The van der Waals surface area contributed by atoms with E-state index >= 15 is 0 Å². The number of amides is 1. The quantitative estimate of drug-likeness (QED) is 0.283. The average molecular weight is 419 g/mol. The Balaban J connectivity index is 3.23. The Hall–Kier alpha value is -0.730. The van der Waals surface area contributed by atoms with Crippen LogP contribution in [0.15, 0.2) is 0 Å². The maximum Gasteiger partial charge on any atom is 0.222 e. The van der Waals surface area contributed by atoms with E-state index in [4.69, 9.17) is 18.9 Å². The van der Waals surface area contributed by atoms with Crippen LogP contribution in [0.1, 0.15) is 47.0 Å². The molecule has 0 aromatic carbocycles. The van der Waals surface area contributed by atoms with Gasteiger partial charge in [0.25, 0.3) is 0 Å². The first-order valence-electron chi connectivity index (χ1n) is 11.1. The van der Waals surface area contributed by atoms with Gasteiger partial charge < -0.3 is 28.7 Å². The van der Waals surface area contributed by atoms with Crippen molar-refractivity contribution in [2.45, 2.75) is 53.0 Å². The van der Waals surface area contributed by atoms with E-state index in [9.17, 15) is 4.79 Å². The van der Waals surface area contributed by atoms with Gasteiger partial charge in [-0.3, -0.25) is 4.79 Å². The Labute approximate surface area is 179 Å². The van der Waals surface area contributed by atoms with Crippen LogP contribution in [0.25, 0.3) is 0 Å². The fourth-order valence-corrected chi connectivity index (χ4v) is 2.47. The number of hydrogen-bond acceptors (Lipinski definition) is 6. The third-order valence-corrected chi connectivity index (χ3v) is 4.59. The van der Waals surface area contributed by atoms with Gasteiger partial charge in [0, 0.05) is 45.8 Å². The van der Waals surface area contributed by atoms with E-state index in [1.807, 2.05) is 7.05 Å². The highest BCUT2D eigenvalue weighted by atomic mass is 16.6. The first-order chi connectivity index (χ1) is 13.8. The van der Waals surface area contributed by atoms with Gasteiger partial charge in [0.1, 0.15) is 0 Å². The number of ether oxygens (including phenoxy) is 4. The van der Waals surface area contributed by atoms with Crippen LogP contribution in [0.2, 0.25) is 0 Å². The van der Waals surface area contributed by atoms with Gasteiger partial charge in [-0.15, -0.1) is 0 Å². The summed E-state index contributed by atoms with van der Waals surface area (Å²) in [5, 5.41) is 0. The molecule has 7 nitrogen and oxygen atoms in total. The number of rotatable bonds is 20. The van der Waals surface area contributed by atoms with Gasteiger partial charge in [-0.05, 0) is 39.7 Å². The molecule has 0 aromatic heterocycles. The van der Waals surface area contributed by atoms with E-state index in [2.05, 4.69) is 39.6 Å². The van der Waals surface area contributed by atoms with Crippen molar-refractivity contribution in [1.82, 2.24) is 9.80 Å². The van der Waals surface area contributed by atoms with E-state index in [0.29, 0.717) is 64.6 Å². The molecule has 0 aromatic rings. The van der Waals surface area contributed by atoms with E-state index in [1.165, 1.54) is 0 Å². The standard InChI is InChI=1S/C22H46N2O5/c1-20(2)19-22(25)24(6)10-8-12-27-14-16-29-18-17-28-15-13-26-11-7-9-23(5)21(3)4/h20-21H,7-19H2,1-6H3. The summed E-state index contributed by atoms with van der Waals surface area (Å²) in [5.41, 5.74) is 0. The van der Waals surface area contributed by atoms with Gasteiger partial charge in [-0.2, -0.15) is 0 Å². The maximum absolute atomic E-state index is 11.8. The zero-order valence-electron chi connectivity index (χ0n) is 19.8. The molecule has 0 aliphatic carbocycles. The Morgan fingerprint density at radius 1 is 0.690 bits per heavy atom. The predicted molar refractivity (Wildman–Crippen MR) is 117 cm³/mol. The fraction of sp³-hybridized carbons (Fsp3) is 0.955. The molecule has 0 radical (unpaired) electrons. The summed E-state index contributed by atoms with van der Waals surface area (Å²) in [7, 11) is 3.99. The van der Waals surface area contributed by atoms with Gasteiger partial charge in [0.2, 0.25) is 5.91 Å². The van der Waals surface area contributed by atoms with Crippen LogP contribution in [0.5, 0.6) is 0 Å². The third-order valence-electron chi connectivity index (χ3n) is 4.59. The molecule has 0 heterocycles. The highest BCUT2D eigenvalue weighted by Gasteiger charge is 2.09. The van der Waals surface area contributed by atoms with Crippen molar-refractivity contribution in [2.75, 3.05) is 80.0 Å². The number of hydrogen-bond donors (Lipinski definition) is 0. The lowest BCUT2D eigenvalue weighted by Gasteiger charge is -2.20. The fourth-order valence-electron chi connectivity index (χ4n) is 2.47. The van der Waals surface area contributed by atoms with E-state index < -0.39 is 0 Å². The Morgan fingerprint density at radius 3 is 1.52 bits per heavy atom. The molecule has 0 bridgehead atoms. The highest BCUT2D eigenvalue weighted by Crippen LogP contribution is 2.03. The zero-order valence-corrected chi connectivity index (χ0v) is 19.8. The lowest BCUT2D eigenvalue weighted by molar-refractivity contribution is -0.130.